The largest absolute Gasteiger partial charge is 0.419 e. The van der Waals surface area contributed by atoms with Crippen LogP contribution in [-0.4, -0.2) is 26.5 Å². The Kier molecular flexibility index (Phi) is 4.93. The van der Waals surface area contributed by atoms with E-state index in [2.05, 4.69) is 4.98 Å². The van der Waals surface area contributed by atoms with Gasteiger partial charge < -0.3 is 9.32 Å². The first-order valence-corrected chi connectivity index (χ1v) is 10.7. The predicted molar refractivity (Wildman–Crippen MR) is 105 cm³/mol. The summed E-state index contributed by atoms with van der Waals surface area (Å²) in [5.74, 6) is 0.518. The molecule has 0 spiro atoms. The van der Waals surface area contributed by atoms with Crippen molar-refractivity contribution in [2.45, 2.75) is 29.2 Å². The summed E-state index contributed by atoms with van der Waals surface area (Å²) in [6, 6.07) is 15.4. The second kappa shape index (κ2) is 7.37. The Labute approximate surface area is 163 Å². The summed E-state index contributed by atoms with van der Waals surface area (Å²) in [6.07, 6.45) is 3.11. The van der Waals surface area contributed by atoms with Gasteiger partial charge in [0.05, 0.1) is 15.5 Å². The fourth-order valence-electron chi connectivity index (χ4n) is 3.23. The Hall–Kier alpha value is -2.31. The van der Waals surface area contributed by atoms with Crippen molar-refractivity contribution < 1.29 is 12.8 Å². The Morgan fingerprint density at radius 3 is 2.30 bits per heavy atom. The van der Waals surface area contributed by atoms with Crippen molar-refractivity contribution in [2.24, 2.45) is 0 Å². The van der Waals surface area contributed by atoms with Crippen molar-refractivity contribution in [3.05, 3.63) is 59.6 Å². The normalized spacial score (nSPS) is 15.1. The number of sulfone groups is 1. The molecule has 5 nitrogen and oxygen atoms in total. The van der Waals surface area contributed by atoms with Crippen LogP contribution >= 0.6 is 11.6 Å². The molecule has 0 N–H and O–H groups in total. The third kappa shape index (κ3) is 3.47. The topological polar surface area (TPSA) is 63.4 Å². The lowest BCUT2D eigenvalue weighted by Crippen LogP contribution is -2.30. The van der Waals surface area contributed by atoms with E-state index in [0.717, 1.165) is 32.4 Å². The number of aromatic nitrogens is 1. The number of halogens is 1. The molecule has 1 saturated heterocycles. The lowest BCUT2D eigenvalue weighted by atomic mass is 10.1. The highest BCUT2D eigenvalue weighted by Crippen LogP contribution is 2.37. The van der Waals surface area contributed by atoms with Crippen molar-refractivity contribution in [1.29, 1.82) is 0 Å². The molecule has 0 saturated carbocycles. The molecular weight excluding hydrogens is 384 g/mol. The van der Waals surface area contributed by atoms with Gasteiger partial charge in [-0.1, -0.05) is 41.9 Å². The van der Waals surface area contributed by atoms with E-state index < -0.39 is 9.84 Å². The molecule has 0 bridgehead atoms. The number of benzene rings is 2. The first-order chi connectivity index (χ1) is 13.1. The van der Waals surface area contributed by atoms with Gasteiger partial charge in [-0.25, -0.2) is 8.42 Å². The fourth-order valence-corrected chi connectivity index (χ4v) is 4.79. The first-order valence-electron chi connectivity index (χ1n) is 8.88. The van der Waals surface area contributed by atoms with Crippen LogP contribution in [0.25, 0.3) is 11.5 Å². The number of hydrogen-bond donors (Lipinski definition) is 0. The first kappa shape index (κ1) is 18.1. The molecule has 3 aromatic rings. The minimum absolute atomic E-state index is 0.0504. The van der Waals surface area contributed by atoms with Crippen molar-refractivity contribution in [1.82, 2.24) is 4.98 Å². The summed E-state index contributed by atoms with van der Waals surface area (Å²) in [7, 11) is -3.81. The molecule has 7 heteroatoms. The van der Waals surface area contributed by atoms with Crippen LogP contribution in [0.15, 0.2) is 68.9 Å². The van der Waals surface area contributed by atoms with Crippen LogP contribution in [0.4, 0.5) is 5.88 Å². The summed E-state index contributed by atoms with van der Waals surface area (Å²) < 4.78 is 32.5. The smallest absolute Gasteiger partial charge is 0.236 e. The van der Waals surface area contributed by atoms with Gasteiger partial charge in [-0.05, 0) is 43.5 Å². The molecule has 1 aliphatic rings. The number of anilines is 1. The van der Waals surface area contributed by atoms with Crippen LogP contribution in [0.2, 0.25) is 5.02 Å². The van der Waals surface area contributed by atoms with Gasteiger partial charge in [-0.3, -0.25) is 0 Å². The van der Waals surface area contributed by atoms with Gasteiger partial charge in [0.25, 0.3) is 0 Å². The van der Waals surface area contributed by atoms with Crippen molar-refractivity contribution in [2.75, 3.05) is 18.0 Å². The SMILES string of the molecule is O=S(=O)(c1ccccc1)c1nc(-c2ccccc2Cl)oc1N1CCCCC1. The second-order valence-corrected chi connectivity index (χ2v) is 8.75. The van der Waals surface area contributed by atoms with E-state index in [1.165, 1.54) is 0 Å². The van der Waals surface area contributed by atoms with Gasteiger partial charge in [0, 0.05) is 13.1 Å². The average molecular weight is 403 g/mol. The van der Waals surface area contributed by atoms with Gasteiger partial charge in [0.1, 0.15) is 0 Å². The van der Waals surface area contributed by atoms with Gasteiger partial charge in [-0.15, -0.1) is 0 Å². The molecule has 0 aliphatic carbocycles. The molecule has 1 aromatic heterocycles. The second-order valence-electron chi connectivity index (χ2n) is 6.47. The number of hydrogen-bond acceptors (Lipinski definition) is 5. The van der Waals surface area contributed by atoms with E-state index in [1.54, 1.807) is 42.5 Å². The minimum atomic E-state index is -3.81. The molecule has 0 amide bonds. The Balaban J connectivity index is 1.88. The third-order valence-electron chi connectivity index (χ3n) is 4.63. The summed E-state index contributed by atoms with van der Waals surface area (Å²) in [4.78, 5) is 6.55. The standard InChI is InChI=1S/C20H19ClN2O3S/c21-17-12-6-5-11-16(17)18-22-19(20(26-18)23-13-7-2-8-14-23)27(24,25)15-9-3-1-4-10-15/h1,3-6,9-12H,2,7-8,13-14H2. The number of nitrogens with zero attached hydrogens (tertiary/aromatic N) is 2. The fraction of sp³-hybridized carbons (Fsp3) is 0.250. The zero-order valence-corrected chi connectivity index (χ0v) is 16.2. The monoisotopic (exact) mass is 402 g/mol. The Morgan fingerprint density at radius 1 is 0.926 bits per heavy atom. The van der Waals surface area contributed by atoms with E-state index in [-0.39, 0.29) is 15.8 Å². The van der Waals surface area contributed by atoms with E-state index in [0.29, 0.717) is 16.5 Å². The van der Waals surface area contributed by atoms with Gasteiger partial charge in [-0.2, -0.15) is 4.98 Å². The highest BCUT2D eigenvalue weighted by atomic mass is 35.5. The zero-order chi connectivity index (χ0) is 18.9. The quantitative estimate of drug-likeness (QED) is 0.626. The number of piperidine rings is 1. The summed E-state index contributed by atoms with van der Waals surface area (Å²) in [5.41, 5.74) is 0.576. The Morgan fingerprint density at radius 2 is 1.59 bits per heavy atom. The van der Waals surface area contributed by atoms with Crippen LogP contribution in [0.1, 0.15) is 19.3 Å². The predicted octanol–water partition coefficient (Wildman–Crippen LogP) is 4.82. The van der Waals surface area contributed by atoms with Crippen LogP contribution in [0.3, 0.4) is 0 Å². The van der Waals surface area contributed by atoms with Gasteiger partial charge in [0.15, 0.2) is 0 Å². The number of oxazole rings is 1. The summed E-state index contributed by atoms with van der Waals surface area (Å²) in [5, 5.41) is 0.415. The molecule has 4 rings (SSSR count). The maximum atomic E-state index is 13.2. The molecular formula is C20H19ClN2O3S. The molecule has 140 valence electrons. The highest BCUT2D eigenvalue weighted by molar-refractivity contribution is 7.91. The maximum Gasteiger partial charge on any atom is 0.236 e. The van der Waals surface area contributed by atoms with Crippen molar-refractivity contribution in [3.8, 4) is 11.5 Å². The summed E-state index contributed by atoms with van der Waals surface area (Å²) in [6.45, 7) is 1.49. The lowest BCUT2D eigenvalue weighted by Gasteiger charge is -2.26. The Bertz CT molecular complexity index is 1040. The zero-order valence-electron chi connectivity index (χ0n) is 14.6. The van der Waals surface area contributed by atoms with Crippen LogP contribution in [-0.2, 0) is 9.84 Å². The average Bonchev–Trinajstić information content (AvgIpc) is 3.16. The van der Waals surface area contributed by atoms with E-state index >= 15 is 0 Å². The number of rotatable bonds is 4. The van der Waals surface area contributed by atoms with Gasteiger partial charge in [0.2, 0.25) is 26.6 Å². The van der Waals surface area contributed by atoms with Crippen LogP contribution in [0.5, 0.6) is 0 Å². The molecule has 1 fully saturated rings. The molecule has 2 aromatic carbocycles. The van der Waals surface area contributed by atoms with Crippen molar-refractivity contribution in [3.63, 3.8) is 0 Å². The highest BCUT2D eigenvalue weighted by Gasteiger charge is 2.32. The molecule has 1 aliphatic heterocycles. The molecule has 0 unspecified atom stereocenters. The molecule has 27 heavy (non-hydrogen) atoms. The van der Waals surface area contributed by atoms with Crippen LogP contribution in [0, 0.1) is 0 Å². The van der Waals surface area contributed by atoms with E-state index in [1.807, 2.05) is 17.0 Å². The van der Waals surface area contributed by atoms with E-state index in [9.17, 15) is 8.42 Å². The molecule has 2 heterocycles. The lowest BCUT2D eigenvalue weighted by molar-refractivity contribution is 0.499. The minimum Gasteiger partial charge on any atom is -0.419 e. The molecule has 0 atom stereocenters. The van der Waals surface area contributed by atoms with Crippen molar-refractivity contribution >= 4 is 27.3 Å². The molecule has 0 radical (unpaired) electrons. The van der Waals surface area contributed by atoms with Gasteiger partial charge >= 0.3 is 0 Å². The van der Waals surface area contributed by atoms with E-state index in [4.69, 9.17) is 16.0 Å². The third-order valence-corrected chi connectivity index (χ3v) is 6.63. The van der Waals surface area contributed by atoms with Crippen LogP contribution < -0.4 is 4.90 Å². The summed E-state index contributed by atoms with van der Waals surface area (Å²) >= 11 is 6.27. The maximum absolute atomic E-state index is 13.2.